The standard InChI is InChI=1S/C18H16N6OS/c1-11(2)24-17-13(9-20-24)7-14(8-19-17)18(25)21-15-5-3-12(4-6-15)16-10-26-23-22-16/h3-11H,1-2H3,(H,21,25). The number of rotatable bonds is 4. The summed E-state index contributed by atoms with van der Waals surface area (Å²) in [6, 6.07) is 9.51. The third-order valence-corrected chi connectivity index (χ3v) is 4.49. The lowest BCUT2D eigenvalue weighted by atomic mass is 10.1. The fourth-order valence-electron chi connectivity index (χ4n) is 2.66. The number of aromatic nitrogens is 5. The van der Waals surface area contributed by atoms with Crippen LogP contribution in [0.5, 0.6) is 0 Å². The Balaban J connectivity index is 1.53. The Morgan fingerprint density at radius 2 is 2.00 bits per heavy atom. The van der Waals surface area contributed by atoms with Gasteiger partial charge in [0.05, 0.1) is 11.8 Å². The lowest BCUT2D eigenvalue weighted by Gasteiger charge is -2.08. The van der Waals surface area contributed by atoms with Crippen LogP contribution in [-0.2, 0) is 0 Å². The fraction of sp³-hybridized carbons (Fsp3) is 0.167. The molecular formula is C18H16N6OS. The Labute approximate surface area is 153 Å². The Hall–Kier alpha value is -3.13. The van der Waals surface area contributed by atoms with Crippen LogP contribution in [0.3, 0.4) is 0 Å². The number of nitrogens with zero attached hydrogens (tertiary/aromatic N) is 5. The predicted octanol–water partition coefficient (Wildman–Crippen LogP) is 3.78. The van der Waals surface area contributed by atoms with Crippen molar-refractivity contribution in [3.8, 4) is 11.3 Å². The number of carbonyl (C=O) groups is 1. The number of carbonyl (C=O) groups excluding carboxylic acids is 1. The van der Waals surface area contributed by atoms with E-state index in [0.29, 0.717) is 11.3 Å². The number of benzene rings is 1. The van der Waals surface area contributed by atoms with Crippen molar-refractivity contribution < 1.29 is 4.79 Å². The van der Waals surface area contributed by atoms with Crippen LogP contribution in [0.1, 0.15) is 30.2 Å². The molecule has 26 heavy (non-hydrogen) atoms. The van der Waals surface area contributed by atoms with Crippen LogP contribution in [0.2, 0.25) is 0 Å². The van der Waals surface area contributed by atoms with E-state index in [2.05, 4.69) is 25.0 Å². The third kappa shape index (κ3) is 3.06. The van der Waals surface area contributed by atoms with E-state index in [9.17, 15) is 4.79 Å². The SMILES string of the molecule is CC(C)n1ncc2cc(C(=O)Nc3ccc(-c4csnn4)cc3)cnc21. The van der Waals surface area contributed by atoms with E-state index in [-0.39, 0.29) is 11.9 Å². The topological polar surface area (TPSA) is 85.6 Å². The molecule has 0 aliphatic rings. The molecular weight excluding hydrogens is 348 g/mol. The Morgan fingerprint density at radius 3 is 2.69 bits per heavy atom. The van der Waals surface area contributed by atoms with Gasteiger partial charge >= 0.3 is 0 Å². The molecule has 4 rings (SSSR count). The van der Waals surface area contributed by atoms with Crippen molar-refractivity contribution in [2.24, 2.45) is 0 Å². The van der Waals surface area contributed by atoms with Crippen molar-refractivity contribution in [1.82, 2.24) is 24.4 Å². The Bertz CT molecular complexity index is 1050. The first-order valence-corrected chi connectivity index (χ1v) is 8.97. The lowest BCUT2D eigenvalue weighted by Crippen LogP contribution is -2.12. The van der Waals surface area contributed by atoms with Gasteiger partial charge in [-0.3, -0.25) is 4.79 Å². The first kappa shape index (κ1) is 16.3. The highest BCUT2D eigenvalue weighted by Crippen LogP contribution is 2.21. The highest BCUT2D eigenvalue weighted by molar-refractivity contribution is 7.03. The molecule has 4 aromatic rings. The first-order chi connectivity index (χ1) is 12.6. The van der Waals surface area contributed by atoms with Gasteiger partial charge in [0.15, 0.2) is 5.65 Å². The van der Waals surface area contributed by atoms with E-state index in [0.717, 1.165) is 22.3 Å². The number of fused-ring (bicyclic) bond motifs is 1. The second-order valence-electron chi connectivity index (χ2n) is 6.14. The van der Waals surface area contributed by atoms with Gasteiger partial charge in [-0.1, -0.05) is 16.6 Å². The van der Waals surface area contributed by atoms with Gasteiger partial charge < -0.3 is 5.32 Å². The minimum atomic E-state index is -0.209. The zero-order chi connectivity index (χ0) is 18.1. The summed E-state index contributed by atoms with van der Waals surface area (Å²) in [5, 5.41) is 14.0. The monoisotopic (exact) mass is 364 g/mol. The Morgan fingerprint density at radius 1 is 1.19 bits per heavy atom. The molecule has 130 valence electrons. The second kappa shape index (κ2) is 6.64. The van der Waals surface area contributed by atoms with Gasteiger partial charge in [0, 0.05) is 34.3 Å². The summed E-state index contributed by atoms with van der Waals surface area (Å²) in [4.78, 5) is 16.9. The Kier molecular flexibility index (Phi) is 4.18. The molecule has 0 atom stereocenters. The van der Waals surface area contributed by atoms with Crippen LogP contribution >= 0.6 is 11.5 Å². The van der Waals surface area contributed by atoms with E-state index < -0.39 is 0 Å². The zero-order valence-corrected chi connectivity index (χ0v) is 15.1. The average molecular weight is 364 g/mol. The molecule has 3 aromatic heterocycles. The predicted molar refractivity (Wildman–Crippen MR) is 101 cm³/mol. The van der Waals surface area contributed by atoms with Crippen LogP contribution in [0.25, 0.3) is 22.3 Å². The van der Waals surface area contributed by atoms with Crippen molar-refractivity contribution in [2.45, 2.75) is 19.9 Å². The molecule has 7 nitrogen and oxygen atoms in total. The van der Waals surface area contributed by atoms with Crippen molar-refractivity contribution >= 4 is 34.2 Å². The van der Waals surface area contributed by atoms with Crippen molar-refractivity contribution in [3.63, 3.8) is 0 Å². The van der Waals surface area contributed by atoms with E-state index in [1.54, 1.807) is 18.5 Å². The molecule has 0 saturated carbocycles. The van der Waals surface area contributed by atoms with Crippen molar-refractivity contribution in [1.29, 1.82) is 0 Å². The largest absolute Gasteiger partial charge is 0.322 e. The summed E-state index contributed by atoms with van der Waals surface area (Å²) in [5.74, 6) is -0.209. The first-order valence-electron chi connectivity index (χ1n) is 8.14. The number of nitrogens with one attached hydrogen (secondary N) is 1. The summed E-state index contributed by atoms with van der Waals surface area (Å²) < 4.78 is 5.69. The van der Waals surface area contributed by atoms with Crippen molar-refractivity contribution in [3.05, 3.63) is 53.7 Å². The summed E-state index contributed by atoms with van der Waals surface area (Å²) in [6.45, 7) is 4.08. The maximum absolute atomic E-state index is 12.5. The van der Waals surface area contributed by atoms with E-state index >= 15 is 0 Å². The number of anilines is 1. The van der Waals surface area contributed by atoms with Gasteiger partial charge in [0.25, 0.3) is 5.91 Å². The van der Waals surface area contributed by atoms with Crippen molar-refractivity contribution in [2.75, 3.05) is 5.32 Å². The number of hydrogen-bond acceptors (Lipinski definition) is 6. The van der Waals surface area contributed by atoms with Crippen LogP contribution < -0.4 is 5.32 Å². The number of pyridine rings is 1. The molecule has 0 fully saturated rings. The molecule has 0 spiro atoms. The van der Waals surface area contributed by atoms with Crippen LogP contribution in [0.15, 0.2) is 48.1 Å². The van der Waals surface area contributed by atoms with Gasteiger partial charge in [-0.15, -0.1) is 5.10 Å². The zero-order valence-electron chi connectivity index (χ0n) is 14.2. The van der Waals surface area contributed by atoms with Crippen LogP contribution in [-0.4, -0.2) is 30.3 Å². The van der Waals surface area contributed by atoms with Gasteiger partial charge in [-0.25, -0.2) is 9.67 Å². The molecule has 1 N–H and O–H groups in total. The summed E-state index contributed by atoms with van der Waals surface area (Å²) in [5.41, 5.74) is 3.76. The summed E-state index contributed by atoms with van der Waals surface area (Å²) in [7, 11) is 0. The summed E-state index contributed by atoms with van der Waals surface area (Å²) >= 11 is 1.31. The van der Waals surface area contributed by atoms with E-state index in [4.69, 9.17) is 0 Å². The molecule has 8 heteroatoms. The molecule has 0 unspecified atom stereocenters. The van der Waals surface area contributed by atoms with Gasteiger partial charge in [-0.05, 0) is 43.6 Å². The molecule has 1 aromatic carbocycles. The smallest absolute Gasteiger partial charge is 0.257 e. The summed E-state index contributed by atoms with van der Waals surface area (Å²) in [6.07, 6.45) is 3.31. The number of hydrogen-bond donors (Lipinski definition) is 1. The van der Waals surface area contributed by atoms with Gasteiger partial charge in [-0.2, -0.15) is 5.10 Å². The molecule has 0 aliphatic carbocycles. The van der Waals surface area contributed by atoms with E-state index in [1.807, 2.05) is 48.2 Å². The van der Waals surface area contributed by atoms with Gasteiger partial charge in [0.1, 0.15) is 5.69 Å². The third-order valence-electron chi connectivity index (χ3n) is 3.98. The highest BCUT2D eigenvalue weighted by Gasteiger charge is 2.12. The number of amides is 1. The second-order valence-corrected chi connectivity index (χ2v) is 6.75. The highest BCUT2D eigenvalue weighted by atomic mass is 32.1. The molecule has 3 heterocycles. The molecule has 0 radical (unpaired) electrons. The van der Waals surface area contributed by atoms with Crippen LogP contribution in [0, 0.1) is 0 Å². The molecule has 0 saturated heterocycles. The molecule has 0 bridgehead atoms. The lowest BCUT2D eigenvalue weighted by molar-refractivity contribution is 0.102. The molecule has 1 amide bonds. The average Bonchev–Trinajstić information content (AvgIpc) is 3.31. The van der Waals surface area contributed by atoms with Gasteiger partial charge in [0.2, 0.25) is 0 Å². The van der Waals surface area contributed by atoms with E-state index in [1.165, 1.54) is 11.5 Å². The quantitative estimate of drug-likeness (QED) is 0.595. The normalized spacial score (nSPS) is 11.2. The van der Waals surface area contributed by atoms with Crippen LogP contribution in [0.4, 0.5) is 5.69 Å². The minimum Gasteiger partial charge on any atom is -0.322 e. The fourth-order valence-corrected chi connectivity index (χ4v) is 3.13. The molecule has 0 aliphatic heterocycles. The maximum atomic E-state index is 12.5. The maximum Gasteiger partial charge on any atom is 0.257 e. The minimum absolute atomic E-state index is 0.209.